The molecule has 2 aromatic rings. The van der Waals surface area contributed by atoms with Crippen LogP contribution in [0, 0.1) is 0 Å². The maximum absolute atomic E-state index is 12.7. The maximum atomic E-state index is 12.7. The first kappa shape index (κ1) is 17.5. The van der Waals surface area contributed by atoms with Gasteiger partial charge in [-0.15, -0.1) is 0 Å². The zero-order chi connectivity index (χ0) is 17.0. The van der Waals surface area contributed by atoms with Gasteiger partial charge in [-0.3, -0.25) is 4.79 Å². The van der Waals surface area contributed by atoms with Crippen molar-refractivity contribution in [2.75, 3.05) is 20.6 Å². The van der Waals surface area contributed by atoms with E-state index in [1.807, 2.05) is 35.8 Å². The molecule has 1 atom stereocenters. The highest BCUT2D eigenvalue weighted by Gasteiger charge is 2.31. The molecule has 0 aliphatic heterocycles. The number of nitrogens with zero attached hydrogens (tertiary/aromatic N) is 1. The molecule has 0 bridgehead atoms. The lowest BCUT2D eigenvalue weighted by molar-refractivity contribution is -0.137. The van der Waals surface area contributed by atoms with Gasteiger partial charge in [0, 0.05) is 12.1 Å². The summed E-state index contributed by atoms with van der Waals surface area (Å²) in [4.78, 5) is 14.1. The smallest absolute Gasteiger partial charge is 0.350 e. The van der Waals surface area contributed by atoms with Crippen molar-refractivity contribution in [3.05, 3.63) is 57.8 Å². The second-order valence-electron chi connectivity index (χ2n) is 5.32. The quantitative estimate of drug-likeness (QED) is 0.896. The first-order valence-corrected chi connectivity index (χ1v) is 7.87. The Bertz CT molecular complexity index is 654. The summed E-state index contributed by atoms with van der Waals surface area (Å²) in [5.41, 5.74) is 0.235. The van der Waals surface area contributed by atoms with Crippen molar-refractivity contribution in [3.63, 3.8) is 0 Å². The minimum absolute atomic E-state index is 0.00245. The molecule has 23 heavy (non-hydrogen) atoms. The van der Waals surface area contributed by atoms with Gasteiger partial charge in [-0.1, -0.05) is 6.07 Å². The largest absolute Gasteiger partial charge is 0.416 e. The summed E-state index contributed by atoms with van der Waals surface area (Å²) in [5, 5.41) is 6.64. The van der Waals surface area contributed by atoms with E-state index in [-0.39, 0.29) is 11.6 Å². The topological polar surface area (TPSA) is 32.3 Å². The fourth-order valence-electron chi connectivity index (χ4n) is 2.19. The van der Waals surface area contributed by atoms with Gasteiger partial charge in [0.2, 0.25) is 0 Å². The molecule has 2 rings (SSSR count). The van der Waals surface area contributed by atoms with E-state index in [1.165, 1.54) is 12.1 Å². The summed E-state index contributed by atoms with van der Waals surface area (Å²) in [6, 6.07) is 6.36. The first-order valence-electron chi connectivity index (χ1n) is 6.93. The van der Waals surface area contributed by atoms with E-state index in [9.17, 15) is 18.0 Å². The Morgan fingerprint density at radius 3 is 2.61 bits per heavy atom. The lowest BCUT2D eigenvalue weighted by Gasteiger charge is -2.24. The number of amides is 1. The molecule has 1 heterocycles. The van der Waals surface area contributed by atoms with E-state index in [1.54, 1.807) is 11.3 Å². The molecule has 0 saturated carbocycles. The van der Waals surface area contributed by atoms with Gasteiger partial charge in [0.15, 0.2) is 0 Å². The van der Waals surface area contributed by atoms with Gasteiger partial charge in [-0.05, 0) is 54.7 Å². The lowest BCUT2D eigenvalue weighted by Crippen LogP contribution is -2.34. The third kappa shape index (κ3) is 4.56. The highest BCUT2D eigenvalue weighted by molar-refractivity contribution is 7.07. The molecule has 0 fully saturated rings. The number of carbonyl (C=O) groups is 1. The number of likely N-dealkylation sites (N-methyl/N-ethyl adjacent to an activating group) is 1. The van der Waals surface area contributed by atoms with Crippen molar-refractivity contribution >= 4 is 17.2 Å². The van der Waals surface area contributed by atoms with E-state index in [0.717, 1.165) is 17.7 Å². The highest BCUT2D eigenvalue weighted by atomic mass is 32.1. The van der Waals surface area contributed by atoms with Gasteiger partial charge in [0.25, 0.3) is 5.91 Å². The van der Waals surface area contributed by atoms with Crippen LogP contribution in [-0.4, -0.2) is 31.4 Å². The predicted molar refractivity (Wildman–Crippen MR) is 84.5 cm³/mol. The Labute approximate surface area is 136 Å². The molecule has 3 nitrogen and oxygen atoms in total. The molecule has 0 spiro atoms. The number of thiophene rings is 1. The third-order valence-corrected chi connectivity index (χ3v) is 4.16. The van der Waals surface area contributed by atoms with Crippen molar-refractivity contribution in [2.24, 2.45) is 0 Å². The number of benzene rings is 1. The number of hydrogen-bond acceptors (Lipinski definition) is 3. The van der Waals surface area contributed by atoms with Gasteiger partial charge in [0.05, 0.1) is 11.6 Å². The zero-order valence-electron chi connectivity index (χ0n) is 12.7. The fraction of sp³-hybridized carbons (Fsp3) is 0.312. The molecule has 7 heteroatoms. The summed E-state index contributed by atoms with van der Waals surface area (Å²) in [6.45, 7) is 0.318. The van der Waals surface area contributed by atoms with E-state index >= 15 is 0 Å². The van der Waals surface area contributed by atoms with Crippen LogP contribution in [0.3, 0.4) is 0 Å². The van der Waals surface area contributed by atoms with Gasteiger partial charge in [-0.25, -0.2) is 0 Å². The van der Waals surface area contributed by atoms with E-state index in [2.05, 4.69) is 5.32 Å². The summed E-state index contributed by atoms with van der Waals surface area (Å²) in [7, 11) is 3.78. The molecule has 1 unspecified atom stereocenters. The standard InChI is InChI=1S/C16H17F3N2OS/c1-21(2)14(12-6-7-23-10-12)9-20-15(22)11-4-3-5-13(8-11)16(17,18)19/h3-8,10,14H,9H2,1-2H3,(H,20,22). The Morgan fingerprint density at radius 2 is 2.04 bits per heavy atom. The molecule has 1 amide bonds. The second kappa shape index (κ2) is 7.14. The van der Waals surface area contributed by atoms with Crippen molar-refractivity contribution in [1.29, 1.82) is 0 Å². The maximum Gasteiger partial charge on any atom is 0.416 e. The minimum Gasteiger partial charge on any atom is -0.350 e. The highest BCUT2D eigenvalue weighted by Crippen LogP contribution is 2.29. The van der Waals surface area contributed by atoms with Crippen LogP contribution in [0.4, 0.5) is 13.2 Å². The van der Waals surface area contributed by atoms with Crippen molar-refractivity contribution < 1.29 is 18.0 Å². The van der Waals surface area contributed by atoms with Gasteiger partial charge in [-0.2, -0.15) is 24.5 Å². The Kier molecular flexibility index (Phi) is 5.43. The number of halogens is 3. The molecule has 124 valence electrons. The van der Waals surface area contributed by atoms with Crippen molar-refractivity contribution in [3.8, 4) is 0 Å². The van der Waals surface area contributed by atoms with Gasteiger partial charge < -0.3 is 10.2 Å². The van der Waals surface area contributed by atoms with Crippen molar-refractivity contribution in [1.82, 2.24) is 10.2 Å². The molecule has 0 radical (unpaired) electrons. The van der Waals surface area contributed by atoms with Crippen LogP contribution < -0.4 is 5.32 Å². The molecule has 1 aromatic heterocycles. The molecule has 1 N–H and O–H groups in total. The van der Waals surface area contributed by atoms with E-state index in [4.69, 9.17) is 0 Å². The van der Waals surface area contributed by atoms with Crippen LogP contribution in [0.25, 0.3) is 0 Å². The van der Waals surface area contributed by atoms with Crippen LogP contribution in [0.2, 0.25) is 0 Å². The summed E-state index contributed by atoms with van der Waals surface area (Å²) >= 11 is 1.56. The van der Waals surface area contributed by atoms with E-state index < -0.39 is 17.6 Å². The number of nitrogens with one attached hydrogen (secondary N) is 1. The fourth-order valence-corrected chi connectivity index (χ4v) is 2.90. The van der Waals surface area contributed by atoms with Gasteiger partial charge in [0.1, 0.15) is 0 Å². The Balaban J connectivity index is 2.07. The normalized spacial score (nSPS) is 13.1. The zero-order valence-corrected chi connectivity index (χ0v) is 13.5. The average Bonchev–Trinajstić information content (AvgIpc) is 3.00. The number of rotatable bonds is 5. The Morgan fingerprint density at radius 1 is 1.30 bits per heavy atom. The second-order valence-corrected chi connectivity index (χ2v) is 6.10. The molecule has 1 aromatic carbocycles. The van der Waals surface area contributed by atoms with Crippen LogP contribution in [-0.2, 0) is 6.18 Å². The summed E-state index contributed by atoms with van der Waals surface area (Å²) in [6.07, 6.45) is -4.46. The summed E-state index contributed by atoms with van der Waals surface area (Å²) in [5.74, 6) is -0.516. The first-order chi connectivity index (χ1) is 10.8. The summed E-state index contributed by atoms with van der Waals surface area (Å²) < 4.78 is 38.1. The van der Waals surface area contributed by atoms with Crippen LogP contribution >= 0.6 is 11.3 Å². The molecule has 0 aliphatic carbocycles. The number of carbonyl (C=O) groups excluding carboxylic acids is 1. The molecular formula is C16H17F3N2OS. The van der Waals surface area contributed by atoms with Crippen LogP contribution in [0.5, 0.6) is 0 Å². The SMILES string of the molecule is CN(C)C(CNC(=O)c1cccc(C(F)(F)F)c1)c1ccsc1. The third-order valence-electron chi connectivity index (χ3n) is 3.46. The molecule has 0 aliphatic rings. The predicted octanol–water partition coefficient (Wildman–Crippen LogP) is 3.80. The molecular weight excluding hydrogens is 325 g/mol. The van der Waals surface area contributed by atoms with Gasteiger partial charge >= 0.3 is 6.18 Å². The minimum atomic E-state index is -4.46. The average molecular weight is 342 g/mol. The monoisotopic (exact) mass is 342 g/mol. The van der Waals surface area contributed by atoms with Crippen molar-refractivity contribution in [2.45, 2.75) is 12.2 Å². The Hall–Kier alpha value is -1.86. The van der Waals surface area contributed by atoms with E-state index in [0.29, 0.717) is 6.54 Å². The van der Waals surface area contributed by atoms with Crippen LogP contribution in [0.15, 0.2) is 41.1 Å². The molecule has 0 saturated heterocycles. The number of alkyl halides is 3. The number of hydrogen-bond donors (Lipinski definition) is 1. The lowest BCUT2D eigenvalue weighted by atomic mass is 10.1. The van der Waals surface area contributed by atoms with Crippen LogP contribution in [0.1, 0.15) is 27.5 Å².